The van der Waals surface area contributed by atoms with Crippen LogP contribution in [0.25, 0.3) is 103 Å². The number of nitrogens with zero attached hydrogens (tertiary/aromatic N) is 3. The summed E-state index contributed by atoms with van der Waals surface area (Å²) in [6.45, 7) is 0. The third-order valence-corrected chi connectivity index (χ3v) is 10.8. The van der Waals surface area contributed by atoms with Gasteiger partial charge in [0.25, 0.3) is 0 Å². The first-order chi connectivity index (χ1) is 22.8. The molecule has 212 valence electrons. The number of para-hydroxylation sites is 3. The van der Waals surface area contributed by atoms with Crippen LogP contribution in [0.15, 0.2) is 140 Å². The van der Waals surface area contributed by atoms with E-state index in [9.17, 15) is 0 Å². The molecule has 4 heteroatoms. The third-order valence-electron chi connectivity index (χ3n) is 9.70. The van der Waals surface area contributed by atoms with Gasteiger partial charge in [-0.2, -0.15) is 0 Å². The van der Waals surface area contributed by atoms with Gasteiger partial charge in [0.2, 0.25) is 0 Å². The molecule has 0 amide bonds. The topological polar surface area (TPSA) is 30.7 Å². The second-order valence-corrected chi connectivity index (χ2v) is 13.3. The highest BCUT2D eigenvalue weighted by Gasteiger charge is 2.26. The van der Waals surface area contributed by atoms with Crippen molar-refractivity contribution in [3.63, 3.8) is 0 Å². The van der Waals surface area contributed by atoms with E-state index in [2.05, 4.69) is 132 Å². The SMILES string of the molecule is c1ccc2c(c1)-c1nc3ccccc3nc1-n1c3ccc(-c4ccc5c(c4)sc4cc6ccccc6cc45)cc3c3cccc-2c31. The average Bonchev–Trinajstić information content (AvgIpc) is 3.60. The van der Waals surface area contributed by atoms with Gasteiger partial charge in [0, 0.05) is 42.1 Å². The lowest BCUT2D eigenvalue weighted by Crippen LogP contribution is -2.02. The standard InChI is InChI=1S/C42H23N3S/c1-2-9-25-22-39-34(21-24(25)8-1)29-18-16-27(23-38(29)46-39)26-17-19-37-33(20-26)32-13-7-12-31-28-10-3-4-11-30(28)40-42(45(37)41(31)32)44-36-15-6-5-14-35(36)43-40/h1-23H. The van der Waals surface area contributed by atoms with Crippen LogP contribution >= 0.6 is 11.3 Å². The van der Waals surface area contributed by atoms with Crippen LogP contribution in [-0.4, -0.2) is 14.5 Å². The highest BCUT2D eigenvalue weighted by molar-refractivity contribution is 7.25. The fraction of sp³-hybridized carbons (Fsp3) is 0. The molecule has 7 aromatic carbocycles. The maximum atomic E-state index is 5.28. The second kappa shape index (κ2) is 8.87. The van der Waals surface area contributed by atoms with Gasteiger partial charge in [0.05, 0.1) is 22.1 Å². The number of hydrogen-bond acceptors (Lipinski definition) is 3. The van der Waals surface area contributed by atoms with Crippen LogP contribution in [0.4, 0.5) is 0 Å². The van der Waals surface area contributed by atoms with Gasteiger partial charge in [0.1, 0.15) is 5.69 Å². The van der Waals surface area contributed by atoms with Crippen molar-refractivity contribution in [2.75, 3.05) is 0 Å². The Kier molecular flexibility index (Phi) is 4.72. The molecule has 0 atom stereocenters. The Morgan fingerprint density at radius 2 is 1.15 bits per heavy atom. The molecule has 0 spiro atoms. The minimum absolute atomic E-state index is 0.878. The molecule has 0 aliphatic carbocycles. The number of rotatable bonds is 1. The van der Waals surface area contributed by atoms with Crippen molar-refractivity contribution >= 4 is 75.1 Å². The van der Waals surface area contributed by atoms with Gasteiger partial charge in [-0.15, -0.1) is 11.3 Å². The van der Waals surface area contributed by atoms with Crippen molar-refractivity contribution in [2.45, 2.75) is 0 Å². The van der Waals surface area contributed by atoms with Crippen LogP contribution in [0.5, 0.6) is 0 Å². The number of benzene rings is 7. The summed E-state index contributed by atoms with van der Waals surface area (Å²) >= 11 is 1.88. The average molecular weight is 602 g/mol. The van der Waals surface area contributed by atoms with Crippen LogP contribution in [-0.2, 0) is 0 Å². The Balaban J connectivity index is 1.17. The van der Waals surface area contributed by atoms with Gasteiger partial charge in [-0.3, -0.25) is 4.57 Å². The smallest absolute Gasteiger partial charge is 0.165 e. The lowest BCUT2D eigenvalue weighted by molar-refractivity contribution is 1.09. The summed E-state index contributed by atoms with van der Waals surface area (Å²) in [6, 6.07) is 50.6. The third kappa shape index (κ3) is 3.26. The molecular formula is C42H23N3S. The molecule has 3 aromatic heterocycles. The van der Waals surface area contributed by atoms with Crippen molar-refractivity contribution in [3.8, 4) is 39.3 Å². The summed E-state index contributed by atoms with van der Waals surface area (Å²) in [7, 11) is 0. The van der Waals surface area contributed by atoms with E-state index in [4.69, 9.17) is 9.97 Å². The molecular weight excluding hydrogens is 579 g/mol. The molecule has 0 saturated carbocycles. The monoisotopic (exact) mass is 601 g/mol. The quantitative estimate of drug-likeness (QED) is 0.187. The fourth-order valence-corrected chi connectivity index (χ4v) is 8.75. The van der Waals surface area contributed by atoms with Crippen LogP contribution in [0, 0.1) is 0 Å². The Bertz CT molecular complexity index is 2930. The molecule has 1 aliphatic rings. The summed E-state index contributed by atoms with van der Waals surface area (Å²) in [4.78, 5) is 10.5. The van der Waals surface area contributed by atoms with Crippen LogP contribution in [0.3, 0.4) is 0 Å². The van der Waals surface area contributed by atoms with Crippen LogP contribution in [0.2, 0.25) is 0 Å². The van der Waals surface area contributed by atoms with E-state index in [1.807, 2.05) is 23.5 Å². The van der Waals surface area contributed by atoms with E-state index < -0.39 is 0 Å². The largest absolute Gasteiger partial charge is 0.291 e. The fourth-order valence-electron chi connectivity index (χ4n) is 7.58. The minimum atomic E-state index is 0.878. The summed E-state index contributed by atoms with van der Waals surface area (Å²) in [6.07, 6.45) is 0. The first-order valence-corrected chi connectivity index (χ1v) is 16.4. The van der Waals surface area contributed by atoms with E-state index in [1.165, 1.54) is 69.5 Å². The number of fused-ring (bicyclic) bond motifs is 13. The molecule has 1 aliphatic heterocycles. The van der Waals surface area contributed by atoms with Crippen molar-refractivity contribution in [3.05, 3.63) is 140 Å². The Morgan fingerprint density at radius 1 is 0.457 bits per heavy atom. The minimum Gasteiger partial charge on any atom is -0.291 e. The molecule has 4 heterocycles. The normalized spacial score (nSPS) is 12.3. The predicted molar refractivity (Wildman–Crippen MR) is 194 cm³/mol. The van der Waals surface area contributed by atoms with Gasteiger partial charge in [-0.25, -0.2) is 9.97 Å². The molecule has 0 radical (unpaired) electrons. The summed E-state index contributed by atoms with van der Waals surface area (Å²) in [5.74, 6) is 0.878. The highest BCUT2D eigenvalue weighted by atomic mass is 32.1. The second-order valence-electron chi connectivity index (χ2n) is 12.2. The molecule has 3 nitrogen and oxygen atoms in total. The summed E-state index contributed by atoms with van der Waals surface area (Å²) in [5.41, 5.74) is 11.0. The van der Waals surface area contributed by atoms with Gasteiger partial charge >= 0.3 is 0 Å². The molecule has 0 unspecified atom stereocenters. The van der Waals surface area contributed by atoms with Crippen LogP contribution < -0.4 is 0 Å². The van der Waals surface area contributed by atoms with Gasteiger partial charge in [0.15, 0.2) is 5.82 Å². The van der Waals surface area contributed by atoms with E-state index in [0.717, 1.165) is 33.6 Å². The van der Waals surface area contributed by atoms with Crippen LogP contribution in [0.1, 0.15) is 0 Å². The van der Waals surface area contributed by atoms with Gasteiger partial charge < -0.3 is 0 Å². The Hall–Kier alpha value is -5.84. The molecule has 46 heavy (non-hydrogen) atoms. The maximum Gasteiger partial charge on any atom is 0.165 e. The lowest BCUT2D eigenvalue weighted by Gasteiger charge is -2.12. The Morgan fingerprint density at radius 3 is 2.04 bits per heavy atom. The summed E-state index contributed by atoms with van der Waals surface area (Å²) < 4.78 is 4.99. The first-order valence-electron chi connectivity index (χ1n) is 15.6. The maximum absolute atomic E-state index is 5.28. The highest BCUT2D eigenvalue weighted by Crippen LogP contribution is 2.46. The number of aromatic nitrogens is 3. The van der Waals surface area contributed by atoms with Crippen molar-refractivity contribution in [2.24, 2.45) is 0 Å². The van der Waals surface area contributed by atoms with E-state index in [-0.39, 0.29) is 0 Å². The molecule has 10 aromatic rings. The number of hydrogen-bond donors (Lipinski definition) is 0. The molecule has 0 bridgehead atoms. The molecule has 0 saturated heterocycles. The molecule has 11 rings (SSSR count). The van der Waals surface area contributed by atoms with E-state index >= 15 is 0 Å². The van der Waals surface area contributed by atoms with Gasteiger partial charge in [-0.05, 0) is 69.9 Å². The van der Waals surface area contributed by atoms with Crippen molar-refractivity contribution in [1.29, 1.82) is 0 Å². The zero-order chi connectivity index (χ0) is 29.9. The first kappa shape index (κ1) is 24.5. The lowest BCUT2D eigenvalue weighted by atomic mass is 9.96. The van der Waals surface area contributed by atoms with Crippen molar-refractivity contribution < 1.29 is 0 Å². The van der Waals surface area contributed by atoms with E-state index in [1.54, 1.807) is 0 Å². The summed E-state index contributed by atoms with van der Waals surface area (Å²) in [5, 5.41) is 7.67. The predicted octanol–water partition coefficient (Wildman–Crippen LogP) is 11.6. The van der Waals surface area contributed by atoms with E-state index in [0.29, 0.717) is 0 Å². The Labute approximate surface area is 267 Å². The molecule has 0 fully saturated rings. The molecule has 0 N–H and O–H groups in total. The zero-order valence-corrected chi connectivity index (χ0v) is 25.3. The van der Waals surface area contributed by atoms with Crippen molar-refractivity contribution in [1.82, 2.24) is 14.5 Å². The zero-order valence-electron chi connectivity index (χ0n) is 24.5. The number of thiophene rings is 1. The van der Waals surface area contributed by atoms with Gasteiger partial charge in [-0.1, -0.05) is 97.1 Å².